The number of nitrogens with one attached hydrogen (secondary N) is 2. The van der Waals surface area contributed by atoms with Crippen molar-refractivity contribution in [3.8, 4) is 5.75 Å². The van der Waals surface area contributed by atoms with E-state index in [-0.39, 0.29) is 5.54 Å². The number of morpholine rings is 1. The molecule has 156 valence electrons. The number of rotatable bonds is 9. The van der Waals surface area contributed by atoms with Gasteiger partial charge in [0.05, 0.1) is 31.9 Å². The summed E-state index contributed by atoms with van der Waals surface area (Å²) >= 11 is 2.05. The Kier molecular flexibility index (Phi) is 8.76. The standard InChI is InChI=1S/C21H34N4O2S/c1-2-22-20(23-10-6-13-27-19-7-4-3-5-8-19)24-17-21(9-16-28-18-21)25-11-14-26-15-12-25/h3-5,7-8H,2,6,9-18H2,1H3,(H2,22,23,24). The summed E-state index contributed by atoms with van der Waals surface area (Å²) in [4.78, 5) is 7.56. The maximum Gasteiger partial charge on any atom is 0.191 e. The third-order valence-electron chi connectivity index (χ3n) is 5.27. The van der Waals surface area contributed by atoms with Gasteiger partial charge in [-0.15, -0.1) is 0 Å². The molecule has 1 aromatic carbocycles. The molecule has 1 aromatic rings. The van der Waals surface area contributed by atoms with Crippen molar-refractivity contribution in [3.05, 3.63) is 30.3 Å². The van der Waals surface area contributed by atoms with Gasteiger partial charge >= 0.3 is 0 Å². The fourth-order valence-electron chi connectivity index (χ4n) is 3.66. The fraction of sp³-hybridized carbons (Fsp3) is 0.667. The highest BCUT2D eigenvalue weighted by molar-refractivity contribution is 7.99. The lowest BCUT2D eigenvalue weighted by Crippen LogP contribution is -2.56. The zero-order valence-corrected chi connectivity index (χ0v) is 17.8. The van der Waals surface area contributed by atoms with Crippen molar-refractivity contribution in [3.63, 3.8) is 0 Å². The molecular weight excluding hydrogens is 372 g/mol. The molecule has 2 N–H and O–H groups in total. The largest absolute Gasteiger partial charge is 0.494 e. The van der Waals surface area contributed by atoms with Crippen LogP contribution in [0.15, 0.2) is 35.3 Å². The first-order chi connectivity index (χ1) is 13.8. The minimum atomic E-state index is 0.188. The molecule has 7 heteroatoms. The number of thioether (sulfide) groups is 1. The Bertz CT molecular complexity index is 587. The number of hydrogen-bond acceptors (Lipinski definition) is 5. The van der Waals surface area contributed by atoms with E-state index < -0.39 is 0 Å². The third-order valence-corrected chi connectivity index (χ3v) is 6.50. The van der Waals surface area contributed by atoms with Crippen LogP contribution >= 0.6 is 11.8 Å². The maximum atomic E-state index is 5.76. The molecule has 1 atom stereocenters. The van der Waals surface area contributed by atoms with Gasteiger partial charge in [0, 0.05) is 31.9 Å². The summed E-state index contributed by atoms with van der Waals surface area (Å²) in [5.74, 6) is 4.23. The van der Waals surface area contributed by atoms with Crippen LogP contribution < -0.4 is 15.4 Å². The Morgan fingerprint density at radius 2 is 2.07 bits per heavy atom. The van der Waals surface area contributed by atoms with Crippen LogP contribution in [-0.2, 0) is 4.74 Å². The normalized spacial score (nSPS) is 23.5. The molecule has 0 amide bonds. The molecule has 2 fully saturated rings. The Hall–Kier alpha value is -1.44. The van der Waals surface area contributed by atoms with Gasteiger partial charge in [-0.25, -0.2) is 0 Å². The average Bonchev–Trinajstić information content (AvgIpc) is 3.23. The summed E-state index contributed by atoms with van der Waals surface area (Å²) in [6, 6.07) is 9.97. The number of para-hydroxylation sites is 1. The second-order valence-electron chi connectivity index (χ2n) is 7.26. The van der Waals surface area contributed by atoms with E-state index in [2.05, 4.69) is 34.2 Å². The number of nitrogens with zero attached hydrogens (tertiary/aromatic N) is 2. The smallest absolute Gasteiger partial charge is 0.191 e. The maximum absolute atomic E-state index is 5.76. The first-order valence-corrected chi connectivity index (χ1v) is 11.6. The molecule has 2 aliphatic heterocycles. The molecule has 2 aliphatic rings. The second-order valence-corrected chi connectivity index (χ2v) is 8.37. The van der Waals surface area contributed by atoms with E-state index in [9.17, 15) is 0 Å². The lowest BCUT2D eigenvalue weighted by molar-refractivity contribution is -0.0104. The number of aliphatic imine (C=N–C) groups is 1. The van der Waals surface area contributed by atoms with Crippen molar-refractivity contribution in [2.45, 2.75) is 25.3 Å². The molecule has 2 saturated heterocycles. The lowest BCUT2D eigenvalue weighted by atomic mass is 9.96. The van der Waals surface area contributed by atoms with Crippen LogP contribution in [0.5, 0.6) is 5.75 Å². The molecule has 6 nitrogen and oxygen atoms in total. The van der Waals surface area contributed by atoms with E-state index >= 15 is 0 Å². The van der Waals surface area contributed by atoms with Gasteiger partial charge in [-0.3, -0.25) is 9.89 Å². The van der Waals surface area contributed by atoms with Crippen molar-refractivity contribution in [1.29, 1.82) is 0 Å². The molecule has 3 rings (SSSR count). The Balaban J connectivity index is 1.47. The zero-order valence-electron chi connectivity index (χ0n) is 17.0. The highest BCUT2D eigenvalue weighted by atomic mass is 32.2. The molecule has 0 aromatic heterocycles. The first kappa shape index (κ1) is 21.3. The fourth-order valence-corrected chi connectivity index (χ4v) is 5.13. The summed E-state index contributed by atoms with van der Waals surface area (Å²) in [5.41, 5.74) is 0.188. The van der Waals surface area contributed by atoms with Crippen molar-refractivity contribution in [2.75, 3.05) is 64.1 Å². The number of hydrogen-bond donors (Lipinski definition) is 2. The monoisotopic (exact) mass is 406 g/mol. The predicted molar refractivity (Wildman–Crippen MR) is 118 cm³/mol. The predicted octanol–water partition coefficient (Wildman–Crippen LogP) is 2.22. The average molecular weight is 407 g/mol. The van der Waals surface area contributed by atoms with Crippen LogP contribution in [-0.4, -0.2) is 80.4 Å². The van der Waals surface area contributed by atoms with E-state index in [1.807, 2.05) is 30.3 Å². The van der Waals surface area contributed by atoms with Crippen molar-refractivity contribution >= 4 is 17.7 Å². The Morgan fingerprint density at radius 1 is 1.25 bits per heavy atom. The molecular formula is C21H34N4O2S. The Morgan fingerprint density at radius 3 is 2.79 bits per heavy atom. The number of ether oxygens (including phenoxy) is 2. The molecule has 0 spiro atoms. The van der Waals surface area contributed by atoms with Crippen LogP contribution in [0.25, 0.3) is 0 Å². The van der Waals surface area contributed by atoms with E-state index in [1.165, 1.54) is 17.9 Å². The van der Waals surface area contributed by atoms with E-state index in [0.29, 0.717) is 6.61 Å². The third kappa shape index (κ3) is 6.29. The van der Waals surface area contributed by atoms with Crippen LogP contribution in [0.3, 0.4) is 0 Å². The van der Waals surface area contributed by atoms with Crippen LogP contribution in [0.4, 0.5) is 0 Å². The van der Waals surface area contributed by atoms with Gasteiger partial charge in [-0.2, -0.15) is 11.8 Å². The van der Waals surface area contributed by atoms with Gasteiger partial charge < -0.3 is 20.1 Å². The van der Waals surface area contributed by atoms with E-state index in [4.69, 9.17) is 14.5 Å². The van der Waals surface area contributed by atoms with Gasteiger partial charge in [0.2, 0.25) is 0 Å². The van der Waals surface area contributed by atoms with E-state index in [0.717, 1.165) is 64.1 Å². The molecule has 1 unspecified atom stereocenters. The Labute approximate surface area is 173 Å². The van der Waals surface area contributed by atoms with Crippen LogP contribution in [0.1, 0.15) is 19.8 Å². The van der Waals surface area contributed by atoms with Gasteiger partial charge in [0.25, 0.3) is 0 Å². The zero-order chi connectivity index (χ0) is 19.5. The highest BCUT2D eigenvalue weighted by Crippen LogP contribution is 2.34. The first-order valence-electron chi connectivity index (χ1n) is 10.4. The topological polar surface area (TPSA) is 58.1 Å². The summed E-state index contributed by atoms with van der Waals surface area (Å²) < 4.78 is 11.3. The van der Waals surface area contributed by atoms with Crippen LogP contribution in [0.2, 0.25) is 0 Å². The summed E-state index contributed by atoms with van der Waals surface area (Å²) in [5, 5.41) is 6.84. The minimum absolute atomic E-state index is 0.188. The summed E-state index contributed by atoms with van der Waals surface area (Å²) in [6.45, 7) is 9.10. The highest BCUT2D eigenvalue weighted by Gasteiger charge is 2.40. The van der Waals surface area contributed by atoms with Gasteiger partial charge in [0.1, 0.15) is 5.75 Å². The lowest BCUT2D eigenvalue weighted by Gasteiger charge is -2.42. The second kappa shape index (κ2) is 11.5. The van der Waals surface area contributed by atoms with Crippen molar-refractivity contribution < 1.29 is 9.47 Å². The molecule has 2 heterocycles. The molecule has 0 radical (unpaired) electrons. The molecule has 28 heavy (non-hydrogen) atoms. The van der Waals surface area contributed by atoms with Crippen molar-refractivity contribution in [2.24, 2.45) is 4.99 Å². The quantitative estimate of drug-likeness (QED) is 0.373. The summed E-state index contributed by atoms with van der Waals surface area (Å²) in [6.07, 6.45) is 2.15. The van der Waals surface area contributed by atoms with E-state index in [1.54, 1.807) is 0 Å². The van der Waals surface area contributed by atoms with Crippen LogP contribution in [0, 0.1) is 0 Å². The van der Waals surface area contributed by atoms with Gasteiger partial charge in [-0.1, -0.05) is 18.2 Å². The minimum Gasteiger partial charge on any atom is -0.494 e. The number of benzene rings is 1. The molecule has 0 aliphatic carbocycles. The number of guanidine groups is 1. The van der Waals surface area contributed by atoms with Gasteiger partial charge in [-0.05, 0) is 37.7 Å². The van der Waals surface area contributed by atoms with Crippen molar-refractivity contribution in [1.82, 2.24) is 15.5 Å². The summed E-state index contributed by atoms with van der Waals surface area (Å²) in [7, 11) is 0. The SMILES string of the molecule is CCNC(=NCC1(N2CCOCC2)CCSC1)NCCCOc1ccccc1. The van der Waals surface area contributed by atoms with Gasteiger partial charge in [0.15, 0.2) is 5.96 Å². The molecule has 0 bridgehead atoms. The molecule has 0 saturated carbocycles.